The van der Waals surface area contributed by atoms with E-state index in [1.165, 1.54) is 44.2 Å². The van der Waals surface area contributed by atoms with Crippen molar-refractivity contribution < 1.29 is 51.0 Å². The normalized spacial score (nSPS) is 9.00. The van der Waals surface area contributed by atoms with Crippen LogP contribution >= 0.6 is 0 Å². The molecule has 4 aromatic carbocycles. The number of hydrogen-bond acceptors (Lipinski definition) is 0. The minimum Gasteiger partial charge on any atom is -1.00 e. The van der Waals surface area contributed by atoms with E-state index in [-0.39, 0.29) is 51.0 Å². The third kappa shape index (κ3) is 8.67. The standard InChI is InChI=1S/C15H11.C9H13.C2H6Si.2ClH.Zr/c1-2-6-12(7-3-1)15-10-13-8-4-5-9-14(13)11-15;1-6-5-7(2)9(4)8(6)3;1-3-2;;;/h1-11H;5H,1-4H3;1-2H3;2*1H;/q2*-1;;;;+4/p-2. The van der Waals surface area contributed by atoms with Crippen molar-refractivity contribution in [3.63, 3.8) is 0 Å². The van der Waals surface area contributed by atoms with Gasteiger partial charge in [-0.05, 0) is 0 Å². The summed E-state index contributed by atoms with van der Waals surface area (Å²) in [6, 6.07) is 25.7. The fraction of sp³-hybridized carbons (Fsp3) is 0.231. The third-order valence-corrected chi connectivity index (χ3v) is 4.90. The Morgan fingerprint density at radius 1 is 0.667 bits per heavy atom. The third-order valence-electron chi connectivity index (χ3n) is 4.90. The van der Waals surface area contributed by atoms with Crippen LogP contribution in [0.15, 0.2) is 72.8 Å². The molecule has 0 amide bonds. The van der Waals surface area contributed by atoms with E-state index < -0.39 is 0 Å². The summed E-state index contributed by atoms with van der Waals surface area (Å²) in [6.07, 6.45) is 0. The monoisotopic (exact) mass is 530 g/mol. The van der Waals surface area contributed by atoms with Crippen LogP contribution in [-0.4, -0.2) is 9.52 Å². The molecule has 0 saturated heterocycles. The molecule has 0 atom stereocenters. The molecule has 30 heavy (non-hydrogen) atoms. The average molecular weight is 533 g/mol. The van der Waals surface area contributed by atoms with Crippen LogP contribution in [0.2, 0.25) is 13.1 Å². The second kappa shape index (κ2) is 15.8. The van der Waals surface area contributed by atoms with Crippen LogP contribution in [0.4, 0.5) is 0 Å². The van der Waals surface area contributed by atoms with Gasteiger partial charge in [-0.15, -0.1) is 34.5 Å². The van der Waals surface area contributed by atoms with Gasteiger partial charge in [0.05, 0.1) is 0 Å². The van der Waals surface area contributed by atoms with Gasteiger partial charge in [-0.25, -0.2) is 0 Å². The molecule has 4 rings (SSSR count). The summed E-state index contributed by atoms with van der Waals surface area (Å²) in [7, 11) is 1.08. The summed E-state index contributed by atoms with van der Waals surface area (Å²) in [4.78, 5) is 0. The molecule has 0 heterocycles. The molecule has 156 valence electrons. The quantitative estimate of drug-likeness (QED) is 0.259. The first-order valence-corrected chi connectivity index (χ1v) is 11.5. The predicted molar refractivity (Wildman–Crippen MR) is 123 cm³/mol. The molecular weight excluding hydrogens is 503 g/mol. The molecule has 0 saturated carbocycles. The van der Waals surface area contributed by atoms with Gasteiger partial charge in [-0.1, -0.05) is 94.9 Å². The Hall–Kier alpha value is -0.920. The van der Waals surface area contributed by atoms with E-state index in [9.17, 15) is 0 Å². The second-order valence-corrected chi connectivity index (χ2v) is 8.00. The van der Waals surface area contributed by atoms with Crippen LogP contribution in [0, 0.1) is 27.7 Å². The maximum absolute atomic E-state index is 2.24. The van der Waals surface area contributed by atoms with Gasteiger partial charge in [0.2, 0.25) is 0 Å². The molecular formula is C26H30Cl2SiZr. The number of aryl methyl sites for hydroxylation is 2. The molecule has 0 fully saturated rings. The number of fused-ring (bicyclic) bond motifs is 1. The Balaban J connectivity index is 0. The van der Waals surface area contributed by atoms with E-state index in [0.29, 0.717) is 0 Å². The van der Waals surface area contributed by atoms with E-state index in [1.807, 2.05) is 6.07 Å². The van der Waals surface area contributed by atoms with Gasteiger partial charge in [-0.3, -0.25) is 0 Å². The van der Waals surface area contributed by atoms with Crippen LogP contribution in [0.3, 0.4) is 0 Å². The molecule has 0 spiro atoms. The Labute approximate surface area is 217 Å². The van der Waals surface area contributed by atoms with E-state index in [0.717, 1.165) is 9.52 Å². The Kier molecular flexibility index (Phi) is 16.5. The number of halogens is 2. The summed E-state index contributed by atoms with van der Waals surface area (Å²) < 4.78 is 0. The molecule has 0 aliphatic carbocycles. The summed E-state index contributed by atoms with van der Waals surface area (Å²) >= 11 is 0. The Bertz CT molecular complexity index is 916. The average Bonchev–Trinajstić information content (AvgIpc) is 3.21. The number of rotatable bonds is 1. The van der Waals surface area contributed by atoms with Crippen molar-refractivity contribution in [2.24, 2.45) is 0 Å². The first kappa shape index (κ1) is 31.3. The molecule has 0 bridgehead atoms. The van der Waals surface area contributed by atoms with Crippen LogP contribution in [0.25, 0.3) is 21.9 Å². The van der Waals surface area contributed by atoms with Gasteiger partial charge in [0.15, 0.2) is 0 Å². The molecule has 0 unspecified atom stereocenters. The SMILES string of the molecule is C[Si]C.Cc1[cH-]c(C)c(C)c1C.[Cl-].[Cl-].[Zr+4].c1ccc(-c2cc3ccccc3[cH-]2)cc1. The van der Waals surface area contributed by atoms with Gasteiger partial charge >= 0.3 is 26.2 Å². The molecule has 2 radical (unpaired) electrons. The summed E-state index contributed by atoms with van der Waals surface area (Å²) in [5.41, 5.74) is 8.33. The van der Waals surface area contributed by atoms with Gasteiger partial charge < -0.3 is 24.8 Å². The first-order valence-electron chi connectivity index (χ1n) is 9.47. The van der Waals surface area contributed by atoms with Gasteiger partial charge in [0.1, 0.15) is 0 Å². The smallest absolute Gasteiger partial charge is 1.00 e. The summed E-state index contributed by atoms with van der Waals surface area (Å²) in [5.74, 6) is 0. The molecule has 4 aromatic rings. The van der Waals surface area contributed by atoms with Crippen LogP contribution in [0.1, 0.15) is 22.3 Å². The Morgan fingerprint density at radius 2 is 1.13 bits per heavy atom. The molecule has 0 aromatic heterocycles. The van der Waals surface area contributed by atoms with Gasteiger partial charge in [-0.2, -0.15) is 28.3 Å². The zero-order valence-corrected chi connectivity index (χ0v) is 23.7. The molecule has 0 N–H and O–H groups in total. The topological polar surface area (TPSA) is 0 Å². The van der Waals surface area contributed by atoms with E-state index >= 15 is 0 Å². The van der Waals surface area contributed by atoms with Crippen molar-refractivity contribution in [3.05, 3.63) is 95.1 Å². The van der Waals surface area contributed by atoms with Crippen molar-refractivity contribution in [1.29, 1.82) is 0 Å². The van der Waals surface area contributed by atoms with Crippen LogP contribution < -0.4 is 24.8 Å². The number of hydrogen-bond donors (Lipinski definition) is 0. The Morgan fingerprint density at radius 3 is 1.57 bits per heavy atom. The predicted octanol–water partition coefficient (Wildman–Crippen LogP) is 1.66. The zero-order chi connectivity index (χ0) is 19.8. The minimum absolute atomic E-state index is 0. The van der Waals surface area contributed by atoms with Crippen molar-refractivity contribution >= 4 is 20.3 Å². The van der Waals surface area contributed by atoms with Crippen molar-refractivity contribution in [3.8, 4) is 11.1 Å². The van der Waals surface area contributed by atoms with Gasteiger partial charge in [0, 0.05) is 9.52 Å². The summed E-state index contributed by atoms with van der Waals surface area (Å²) in [6.45, 7) is 13.0. The van der Waals surface area contributed by atoms with E-state index in [1.54, 1.807) is 0 Å². The summed E-state index contributed by atoms with van der Waals surface area (Å²) in [5, 5.41) is 2.63. The van der Waals surface area contributed by atoms with E-state index in [4.69, 9.17) is 0 Å². The molecule has 0 aliphatic rings. The molecule has 4 heteroatoms. The maximum atomic E-state index is 2.24. The maximum Gasteiger partial charge on any atom is 4.00 e. The molecule has 0 aliphatic heterocycles. The van der Waals surface area contributed by atoms with Crippen molar-refractivity contribution in [1.82, 2.24) is 0 Å². The van der Waals surface area contributed by atoms with Crippen molar-refractivity contribution in [2.75, 3.05) is 0 Å². The zero-order valence-electron chi connectivity index (χ0n) is 18.7. The fourth-order valence-corrected chi connectivity index (χ4v) is 3.08. The first-order chi connectivity index (χ1) is 13.0. The second-order valence-electron chi connectivity index (χ2n) is 7.00. The fourth-order valence-electron chi connectivity index (χ4n) is 3.08. The van der Waals surface area contributed by atoms with E-state index in [2.05, 4.69) is 108 Å². The molecule has 0 nitrogen and oxygen atoms in total. The number of benzene rings is 2. The van der Waals surface area contributed by atoms with Gasteiger partial charge in [0.25, 0.3) is 0 Å². The van der Waals surface area contributed by atoms with Crippen LogP contribution in [0.5, 0.6) is 0 Å². The largest absolute Gasteiger partial charge is 4.00 e. The minimum atomic E-state index is 0. The van der Waals surface area contributed by atoms with Crippen LogP contribution in [-0.2, 0) is 26.2 Å². The van der Waals surface area contributed by atoms with Crippen molar-refractivity contribution in [2.45, 2.75) is 40.8 Å².